The van der Waals surface area contributed by atoms with Gasteiger partial charge in [0.05, 0.1) is 15.6 Å². The Bertz CT molecular complexity index is 1110. The summed E-state index contributed by atoms with van der Waals surface area (Å²) in [6.07, 6.45) is 0. The van der Waals surface area contributed by atoms with Crippen molar-refractivity contribution in [2.24, 2.45) is 0 Å². The highest BCUT2D eigenvalue weighted by molar-refractivity contribution is 6.37. The van der Waals surface area contributed by atoms with Crippen molar-refractivity contribution in [2.75, 3.05) is 13.2 Å². The van der Waals surface area contributed by atoms with Gasteiger partial charge >= 0.3 is 5.97 Å². The molecule has 3 rings (SSSR count). The summed E-state index contributed by atoms with van der Waals surface area (Å²) in [4.78, 5) is 24.3. The highest BCUT2D eigenvalue weighted by Gasteiger charge is 2.30. The van der Waals surface area contributed by atoms with Crippen molar-refractivity contribution in [2.45, 2.75) is 19.4 Å². The summed E-state index contributed by atoms with van der Waals surface area (Å²) >= 11 is 12.2. The monoisotopic (exact) mass is 461 g/mol. The van der Waals surface area contributed by atoms with E-state index in [2.05, 4.69) is 5.32 Å². The number of hydrogen-bond acceptors (Lipinski definition) is 4. The van der Waals surface area contributed by atoms with Crippen LogP contribution in [0.2, 0.25) is 10.0 Å². The molecule has 3 aromatic rings. The van der Waals surface area contributed by atoms with E-state index in [9.17, 15) is 14.7 Å². The molecule has 8 heteroatoms. The molecule has 162 valence electrons. The third-order valence-corrected chi connectivity index (χ3v) is 5.18. The molecule has 2 N–H and O–H groups in total. The third-order valence-electron chi connectivity index (χ3n) is 4.58. The summed E-state index contributed by atoms with van der Waals surface area (Å²) < 4.78 is 11.6. The summed E-state index contributed by atoms with van der Waals surface area (Å²) in [6, 6.07) is 15.9. The number of halogens is 2. The zero-order valence-corrected chi connectivity index (χ0v) is 18.5. The molecule has 0 aromatic heterocycles. The van der Waals surface area contributed by atoms with Crippen LogP contribution in [0.4, 0.5) is 0 Å². The number of carboxylic acids is 1. The van der Waals surface area contributed by atoms with Crippen LogP contribution >= 0.6 is 23.2 Å². The Kier molecular flexibility index (Phi) is 6.93. The summed E-state index contributed by atoms with van der Waals surface area (Å²) in [5.74, 6) is -1.00. The molecule has 1 amide bonds. The lowest BCUT2D eigenvalue weighted by atomic mass is 10.0. The molecular weight excluding hydrogens is 441 g/mol. The fourth-order valence-corrected chi connectivity index (χ4v) is 3.40. The van der Waals surface area contributed by atoms with E-state index in [0.29, 0.717) is 21.5 Å². The predicted molar refractivity (Wildman–Crippen MR) is 121 cm³/mol. The van der Waals surface area contributed by atoms with Gasteiger partial charge in [-0.05, 0) is 37.4 Å². The zero-order valence-electron chi connectivity index (χ0n) is 16.9. The van der Waals surface area contributed by atoms with Crippen LogP contribution in [-0.2, 0) is 4.79 Å². The van der Waals surface area contributed by atoms with Crippen LogP contribution in [0, 0.1) is 0 Å². The Morgan fingerprint density at radius 2 is 1.52 bits per heavy atom. The van der Waals surface area contributed by atoms with Gasteiger partial charge in [-0.2, -0.15) is 0 Å². The van der Waals surface area contributed by atoms with Crippen molar-refractivity contribution < 1.29 is 24.2 Å². The van der Waals surface area contributed by atoms with E-state index in [0.717, 1.165) is 10.8 Å². The van der Waals surface area contributed by atoms with E-state index in [1.165, 1.54) is 13.8 Å². The van der Waals surface area contributed by atoms with Crippen molar-refractivity contribution >= 4 is 45.9 Å². The molecule has 0 aliphatic heterocycles. The number of benzene rings is 3. The number of fused-ring (bicyclic) bond motifs is 1. The highest BCUT2D eigenvalue weighted by atomic mass is 35.5. The number of aliphatic carboxylic acids is 1. The number of carboxylic acid groups (broad SMARTS) is 1. The highest BCUT2D eigenvalue weighted by Crippen LogP contribution is 2.33. The van der Waals surface area contributed by atoms with Crippen LogP contribution in [0.3, 0.4) is 0 Å². The van der Waals surface area contributed by atoms with Gasteiger partial charge in [0.25, 0.3) is 5.91 Å². The molecule has 6 nitrogen and oxygen atoms in total. The zero-order chi connectivity index (χ0) is 22.6. The third kappa shape index (κ3) is 5.21. The van der Waals surface area contributed by atoms with Gasteiger partial charge in [0.15, 0.2) is 5.75 Å². The van der Waals surface area contributed by atoms with Crippen molar-refractivity contribution in [3.8, 4) is 11.5 Å². The molecule has 0 unspecified atom stereocenters. The van der Waals surface area contributed by atoms with Gasteiger partial charge in [0.2, 0.25) is 0 Å². The number of rotatable bonds is 8. The Balaban J connectivity index is 1.83. The first-order valence-electron chi connectivity index (χ1n) is 9.48. The lowest BCUT2D eigenvalue weighted by Gasteiger charge is -2.22. The number of ether oxygens (including phenoxy) is 2. The number of carbonyl (C=O) groups is 2. The molecule has 0 heterocycles. The van der Waals surface area contributed by atoms with Crippen LogP contribution in [0.1, 0.15) is 24.2 Å². The maximum absolute atomic E-state index is 12.9. The van der Waals surface area contributed by atoms with E-state index < -0.39 is 17.4 Å². The van der Waals surface area contributed by atoms with E-state index in [1.54, 1.807) is 30.3 Å². The van der Waals surface area contributed by atoms with Gasteiger partial charge in [0, 0.05) is 5.39 Å². The Hall–Kier alpha value is -2.96. The van der Waals surface area contributed by atoms with Crippen molar-refractivity contribution in [3.05, 3.63) is 70.2 Å². The lowest BCUT2D eigenvalue weighted by Crippen LogP contribution is -2.49. The van der Waals surface area contributed by atoms with Crippen LogP contribution in [0.15, 0.2) is 54.6 Å². The fourth-order valence-electron chi connectivity index (χ4n) is 2.89. The average Bonchev–Trinajstić information content (AvgIpc) is 2.72. The molecule has 3 aromatic carbocycles. The topological polar surface area (TPSA) is 84.9 Å². The van der Waals surface area contributed by atoms with Crippen molar-refractivity contribution in [3.63, 3.8) is 0 Å². The van der Waals surface area contributed by atoms with Gasteiger partial charge in [-0.25, -0.2) is 4.79 Å². The van der Waals surface area contributed by atoms with Crippen LogP contribution in [0.5, 0.6) is 11.5 Å². The van der Waals surface area contributed by atoms with Gasteiger partial charge in [-0.15, -0.1) is 0 Å². The molecule has 0 saturated carbocycles. The molecule has 0 aliphatic rings. The SMILES string of the molecule is CC(C)(NC(=O)c1ccc2ccccc2c1OCCOc1c(Cl)cccc1Cl)C(=O)O. The normalized spacial score (nSPS) is 11.2. The largest absolute Gasteiger partial charge is 0.489 e. The Morgan fingerprint density at radius 1 is 0.903 bits per heavy atom. The predicted octanol–water partition coefficient (Wildman–Crippen LogP) is 5.20. The second kappa shape index (κ2) is 9.45. The van der Waals surface area contributed by atoms with Crippen LogP contribution in [-0.4, -0.2) is 35.7 Å². The molecule has 0 bridgehead atoms. The average molecular weight is 462 g/mol. The molecule has 0 atom stereocenters. The second-order valence-corrected chi connectivity index (χ2v) is 8.11. The minimum absolute atomic E-state index is 0.109. The van der Waals surface area contributed by atoms with Crippen molar-refractivity contribution in [1.29, 1.82) is 0 Å². The molecule has 31 heavy (non-hydrogen) atoms. The lowest BCUT2D eigenvalue weighted by molar-refractivity contribution is -0.143. The number of hydrogen-bond donors (Lipinski definition) is 2. The quantitative estimate of drug-likeness (QED) is 0.450. The number of nitrogens with one attached hydrogen (secondary N) is 1. The molecule has 0 fully saturated rings. The van der Waals surface area contributed by atoms with E-state index in [-0.39, 0.29) is 18.8 Å². The van der Waals surface area contributed by atoms with Crippen LogP contribution < -0.4 is 14.8 Å². The number of para-hydroxylation sites is 1. The van der Waals surface area contributed by atoms with E-state index in [4.69, 9.17) is 32.7 Å². The molecule has 0 aliphatic carbocycles. The maximum atomic E-state index is 12.9. The first-order valence-corrected chi connectivity index (χ1v) is 10.2. The number of carbonyl (C=O) groups excluding carboxylic acids is 1. The molecule has 0 spiro atoms. The minimum atomic E-state index is -1.44. The standard InChI is InChI=1S/C23H21Cl2NO5/c1-23(2,22(28)29)26-21(27)16-11-10-14-6-3-4-7-15(14)19(16)30-12-13-31-20-17(24)8-5-9-18(20)25/h3-11H,12-13H2,1-2H3,(H,26,27)(H,28,29). The van der Waals surface area contributed by atoms with E-state index in [1.807, 2.05) is 24.3 Å². The smallest absolute Gasteiger partial charge is 0.328 e. The summed E-state index contributed by atoms with van der Waals surface area (Å²) in [7, 11) is 0. The first kappa shape index (κ1) is 22.7. The molecular formula is C23H21Cl2NO5. The minimum Gasteiger partial charge on any atom is -0.489 e. The summed E-state index contributed by atoms with van der Waals surface area (Å²) in [5, 5.41) is 14.2. The Morgan fingerprint density at radius 3 is 2.16 bits per heavy atom. The molecule has 0 radical (unpaired) electrons. The van der Waals surface area contributed by atoms with Gasteiger partial charge in [-0.1, -0.05) is 59.6 Å². The van der Waals surface area contributed by atoms with Crippen LogP contribution in [0.25, 0.3) is 10.8 Å². The first-order chi connectivity index (χ1) is 14.7. The fraction of sp³-hybridized carbons (Fsp3) is 0.217. The molecule has 0 saturated heterocycles. The Labute approximate surface area is 189 Å². The van der Waals surface area contributed by atoms with Crippen molar-refractivity contribution in [1.82, 2.24) is 5.32 Å². The summed E-state index contributed by atoms with van der Waals surface area (Å²) in [6.45, 7) is 3.07. The number of amides is 1. The van der Waals surface area contributed by atoms with E-state index >= 15 is 0 Å². The second-order valence-electron chi connectivity index (χ2n) is 7.30. The maximum Gasteiger partial charge on any atom is 0.328 e. The van der Waals surface area contributed by atoms with Gasteiger partial charge < -0.3 is 19.9 Å². The van der Waals surface area contributed by atoms with Gasteiger partial charge in [-0.3, -0.25) is 4.79 Å². The van der Waals surface area contributed by atoms with Gasteiger partial charge in [0.1, 0.15) is 24.5 Å². The summed E-state index contributed by atoms with van der Waals surface area (Å²) in [5.41, 5.74) is -1.21.